The molecule has 1 N–H and O–H groups in total. The van der Waals surface area contributed by atoms with Crippen LogP contribution < -0.4 is 5.32 Å². The second-order valence-electron chi connectivity index (χ2n) is 4.24. The van der Waals surface area contributed by atoms with Gasteiger partial charge < -0.3 is 10.1 Å². The molecule has 1 rings (SSSR count). The Morgan fingerprint density at radius 2 is 2.00 bits per heavy atom. The fourth-order valence-corrected chi connectivity index (χ4v) is 2.37. The van der Waals surface area contributed by atoms with Crippen LogP contribution in [-0.2, 0) is 4.74 Å². The predicted molar refractivity (Wildman–Crippen MR) is 78.6 cm³/mol. The van der Waals surface area contributed by atoms with Crippen molar-refractivity contribution >= 4 is 23.2 Å². The topological polar surface area (TPSA) is 21.3 Å². The molecule has 4 heteroatoms. The van der Waals surface area contributed by atoms with Gasteiger partial charge in [-0.3, -0.25) is 0 Å². The Morgan fingerprint density at radius 3 is 2.61 bits per heavy atom. The molecule has 18 heavy (non-hydrogen) atoms. The van der Waals surface area contributed by atoms with E-state index >= 15 is 0 Å². The van der Waals surface area contributed by atoms with Crippen molar-refractivity contribution in [2.45, 2.75) is 39.3 Å². The van der Waals surface area contributed by atoms with Crippen molar-refractivity contribution < 1.29 is 4.74 Å². The molecule has 0 bridgehead atoms. The predicted octanol–water partition coefficient (Wildman–Crippen LogP) is 4.46. The lowest BCUT2D eigenvalue weighted by atomic mass is 10.0. The number of rotatable bonds is 7. The molecule has 0 aromatic heterocycles. The normalized spacial score (nSPS) is 14.5. The van der Waals surface area contributed by atoms with E-state index in [1.54, 1.807) is 6.07 Å². The lowest BCUT2D eigenvalue weighted by Gasteiger charge is -2.26. The lowest BCUT2D eigenvalue weighted by molar-refractivity contribution is 0.0473. The zero-order valence-electron chi connectivity index (χ0n) is 11.2. The van der Waals surface area contributed by atoms with E-state index in [2.05, 4.69) is 12.2 Å². The summed E-state index contributed by atoms with van der Waals surface area (Å²) in [6.45, 7) is 7.78. The van der Waals surface area contributed by atoms with Gasteiger partial charge in [0.1, 0.15) is 0 Å². The molecule has 0 heterocycles. The Morgan fingerprint density at radius 1 is 1.28 bits per heavy atom. The first-order valence-electron chi connectivity index (χ1n) is 6.40. The van der Waals surface area contributed by atoms with Gasteiger partial charge in [0, 0.05) is 6.61 Å². The molecule has 0 fully saturated rings. The molecule has 0 aliphatic heterocycles. The van der Waals surface area contributed by atoms with E-state index in [0.29, 0.717) is 16.7 Å². The highest BCUT2D eigenvalue weighted by Crippen LogP contribution is 2.32. The Balaban J connectivity index is 2.97. The van der Waals surface area contributed by atoms with Gasteiger partial charge in [-0.2, -0.15) is 0 Å². The summed E-state index contributed by atoms with van der Waals surface area (Å²) >= 11 is 12.4. The molecule has 2 unspecified atom stereocenters. The Hall–Kier alpha value is -0.280. The molecule has 1 aromatic rings. The van der Waals surface area contributed by atoms with Gasteiger partial charge in [0.05, 0.1) is 22.2 Å². The minimum atomic E-state index is 0.0533. The smallest absolute Gasteiger partial charge is 0.0742 e. The molecule has 0 amide bonds. The number of halogens is 2. The standard InChI is InChI=1S/C14H21Cl2NO/c1-4-9-17-14(10(3)18-5-2)11-7-6-8-12(15)13(11)16/h6-8,10,14,17H,4-5,9H2,1-3H3. The highest BCUT2D eigenvalue weighted by atomic mass is 35.5. The number of hydrogen-bond acceptors (Lipinski definition) is 2. The van der Waals surface area contributed by atoms with Crippen LogP contribution in [0.15, 0.2) is 18.2 Å². The van der Waals surface area contributed by atoms with Crippen molar-refractivity contribution in [3.63, 3.8) is 0 Å². The van der Waals surface area contributed by atoms with Gasteiger partial charge in [-0.1, -0.05) is 42.3 Å². The summed E-state index contributed by atoms with van der Waals surface area (Å²) in [6.07, 6.45) is 1.12. The summed E-state index contributed by atoms with van der Waals surface area (Å²) in [5, 5.41) is 4.67. The molecule has 0 saturated carbocycles. The van der Waals surface area contributed by atoms with E-state index in [4.69, 9.17) is 27.9 Å². The summed E-state index contributed by atoms with van der Waals surface area (Å²) < 4.78 is 5.69. The molecule has 2 atom stereocenters. The number of ether oxygens (including phenoxy) is 1. The summed E-state index contributed by atoms with van der Waals surface area (Å²) in [4.78, 5) is 0. The minimum Gasteiger partial charge on any atom is -0.377 e. The first-order valence-corrected chi connectivity index (χ1v) is 7.16. The van der Waals surface area contributed by atoms with Crippen LogP contribution in [0.4, 0.5) is 0 Å². The van der Waals surface area contributed by atoms with Crippen LogP contribution in [0.3, 0.4) is 0 Å². The maximum Gasteiger partial charge on any atom is 0.0742 e. The van der Waals surface area contributed by atoms with Crippen LogP contribution >= 0.6 is 23.2 Å². The molecule has 102 valence electrons. The van der Waals surface area contributed by atoms with Crippen molar-refractivity contribution in [2.75, 3.05) is 13.2 Å². The summed E-state index contributed by atoms with van der Waals surface area (Å²) in [5.74, 6) is 0. The van der Waals surface area contributed by atoms with Gasteiger partial charge in [0.15, 0.2) is 0 Å². The van der Waals surface area contributed by atoms with Crippen molar-refractivity contribution in [3.05, 3.63) is 33.8 Å². The van der Waals surface area contributed by atoms with Crippen LogP contribution in [0.25, 0.3) is 0 Å². The summed E-state index contributed by atoms with van der Waals surface area (Å²) in [5.41, 5.74) is 0.999. The third-order valence-corrected chi connectivity index (χ3v) is 3.66. The van der Waals surface area contributed by atoms with E-state index < -0.39 is 0 Å². The number of hydrogen-bond donors (Lipinski definition) is 1. The van der Waals surface area contributed by atoms with Crippen LogP contribution in [0, 0.1) is 0 Å². The Bertz CT molecular complexity index is 371. The third-order valence-electron chi connectivity index (χ3n) is 2.83. The van der Waals surface area contributed by atoms with Gasteiger partial charge in [-0.15, -0.1) is 0 Å². The van der Waals surface area contributed by atoms with E-state index in [-0.39, 0.29) is 12.1 Å². The highest BCUT2D eigenvalue weighted by molar-refractivity contribution is 6.42. The summed E-state index contributed by atoms with van der Waals surface area (Å²) in [7, 11) is 0. The molecule has 0 aliphatic carbocycles. The van der Waals surface area contributed by atoms with E-state index in [9.17, 15) is 0 Å². The monoisotopic (exact) mass is 289 g/mol. The van der Waals surface area contributed by atoms with Gasteiger partial charge in [-0.25, -0.2) is 0 Å². The Kier molecular flexibility index (Phi) is 7.02. The average Bonchev–Trinajstić information content (AvgIpc) is 2.35. The van der Waals surface area contributed by atoms with Crippen molar-refractivity contribution in [3.8, 4) is 0 Å². The maximum atomic E-state index is 6.28. The van der Waals surface area contributed by atoms with Crippen LogP contribution in [-0.4, -0.2) is 19.3 Å². The van der Waals surface area contributed by atoms with Crippen LogP contribution in [0.2, 0.25) is 10.0 Å². The number of benzene rings is 1. The molecule has 0 spiro atoms. The molecule has 0 radical (unpaired) electrons. The van der Waals surface area contributed by atoms with Gasteiger partial charge >= 0.3 is 0 Å². The second kappa shape index (κ2) is 8.00. The SMILES string of the molecule is CCCNC(c1cccc(Cl)c1Cl)C(C)OCC. The first-order chi connectivity index (χ1) is 8.61. The zero-order chi connectivity index (χ0) is 13.5. The largest absolute Gasteiger partial charge is 0.377 e. The number of nitrogens with one attached hydrogen (secondary N) is 1. The molecular weight excluding hydrogens is 269 g/mol. The van der Waals surface area contributed by atoms with E-state index in [1.165, 1.54) is 0 Å². The van der Waals surface area contributed by atoms with Crippen molar-refractivity contribution in [2.24, 2.45) is 0 Å². The van der Waals surface area contributed by atoms with Crippen molar-refractivity contribution in [1.82, 2.24) is 5.32 Å². The summed E-state index contributed by atoms with van der Waals surface area (Å²) in [6, 6.07) is 5.78. The average molecular weight is 290 g/mol. The fourth-order valence-electron chi connectivity index (χ4n) is 1.95. The maximum absolute atomic E-state index is 6.28. The lowest BCUT2D eigenvalue weighted by Crippen LogP contribution is -2.32. The van der Waals surface area contributed by atoms with Gasteiger partial charge in [0.25, 0.3) is 0 Å². The first kappa shape index (κ1) is 15.8. The van der Waals surface area contributed by atoms with Gasteiger partial charge in [-0.05, 0) is 38.4 Å². The quantitative estimate of drug-likeness (QED) is 0.800. The van der Waals surface area contributed by atoms with Gasteiger partial charge in [0.2, 0.25) is 0 Å². The van der Waals surface area contributed by atoms with E-state index in [1.807, 2.05) is 26.0 Å². The van der Waals surface area contributed by atoms with Crippen molar-refractivity contribution in [1.29, 1.82) is 0 Å². The molecule has 0 saturated heterocycles. The van der Waals surface area contributed by atoms with Crippen LogP contribution in [0.1, 0.15) is 38.8 Å². The molecule has 0 aliphatic rings. The van der Waals surface area contributed by atoms with E-state index in [0.717, 1.165) is 18.5 Å². The molecule has 2 nitrogen and oxygen atoms in total. The minimum absolute atomic E-state index is 0.0533. The second-order valence-corrected chi connectivity index (χ2v) is 5.02. The zero-order valence-corrected chi connectivity index (χ0v) is 12.7. The third kappa shape index (κ3) is 4.13. The Labute approximate surface area is 120 Å². The van der Waals surface area contributed by atoms with Crippen LogP contribution in [0.5, 0.6) is 0 Å². The highest BCUT2D eigenvalue weighted by Gasteiger charge is 2.22. The molecule has 1 aromatic carbocycles. The fraction of sp³-hybridized carbons (Fsp3) is 0.571. The molecular formula is C14H21Cl2NO.